The summed E-state index contributed by atoms with van der Waals surface area (Å²) in [5.41, 5.74) is 0.0432. The molecule has 21 heavy (non-hydrogen) atoms. The third-order valence-electron chi connectivity index (χ3n) is 4.67. The Morgan fingerprint density at radius 1 is 1.19 bits per heavy atom. The summed E-state index contributed by atoms with van der Waals surface area (Å²) in [7, 11) is 4.09. The molecule has 1 aliphatic rings. The van der Waals surface area contributed by atoms with Gasteiger partial charge in [-0.2, -0.15) is 0 Å². The van der Waals surface area contributed by atoms with E-state index >= 15 is 0 Å². The fourth-order valence-corrected chi connectivity index (χ4v) is 2.93. The molecule has 1 rings (SSSR count). The van der Waals surface area contributed by atoms with Crippen LogP contribution in [0.25, 0.3) is 0 Å². The maximum Gasteiger partial charge on any atom is 0.314 e. The molecule has 1 fully saturated rings. The Labute approximate surface area is 127 Å². The van der Waals surface area contributed by atoms with Gasteiger partial charge in [0.15, 0.2) is 0 Å². The zero-order valence-corrected chi connectivity index (χ0v) is 13.6. The Hall–Kier alpha value is -1.30. The summed E-state index contributed by atoms with van der Waals surface area (Å²) in [5, 5.41) is 14.7. The maximum atomic E-state index is 11.9. The van der Waals surface area contributed by atoms with E-state index in [4.69, 9.17) is 5.11 Å². The number of nitrogens with zero attached hydrogens (tertiary/aromatic N) is 1. The van der Waals surface area contributed by atoms with Crippen LogP contribution in [0, 0.1) is 11.8 Å². The number of carboxylic acid groups (broad SMARTS) is 1. The number of rotatable bonds is 7. The van der Waals surface area contributed by atoms with Crippen LogP contribution in [-0.4, -0.2) is 54.7 Å². The van der Waals surface area contributed by atoms with Gasteiger partial charge in [0.2, 0.25) is 0 Å². The van der Waals surface area contributed by atoms with Crippen LogP contribution in [0.2, 0.25) is 0 Å². The van der Waals surface area contributed by atoms with Crippen molar-refractivity contribution >= 4 is 12.0 Å². The van der Waals surface area contributed by atoms with Crippen LogP contribution in [-0.2, 0) is 4.79 Å². The minimum Gasteiger partial charge on any atom is -0.481 e. The maximum absolute atomic E-state index is 11.9. The number of likely N-dealkylation sites (N-methyl/N-ethyl adjacent to an activating group) is 1. The molecule has 0 aromatic carbocycles. The number of carbonyl (C=O) groups is 2. The average molecular weight is 299 g/mol. The standard InChI is InChI=1S/C15H29N3O3/c1-11(2)12(13(19)20)9-16-14(21)17-10-15(18(3)4)7-5-6-8-15/h11-12H,5-10H2,1-4H3,(H,19,20)(H2,16,17,21). The van der Waals surface area contributed by atoms with Gasteiger partial charge in [-0.1, -0.05) is 26.7 Å². The molecule has 1 atom stereocenters. The molecule has 0 heterocycles. The third kappa shape index (κ3) is 4.88. The number of urea groups is 1. The zero-order valence-electron chi connectivity index (χ0n) is 13.6. The highest BCUT2D eigenvalue weighted by Gasteiger charge is 2.36. The molecule has 1 aliphatic carbocycles. The smallest absolute Gasteiger partial charge is 0.314 e. The van der Waals surface area contributed by atoms with E-state index in [9.17, 15) is 9.59 Å². The molecule has 0 spiro atoms. The lowest BCUT2D eigenvalue weighted by atomic mass is 9.96. The van der Waals surface area contributed by atoms with E-state index in [1.807, 2.05) is 27.9 Å². The van der Waals surface area contributed by atoms with E-state index in [-0.39, 0.29) is 24.0 Å². The van der Waals surface area contributed by atoms with Crippen LogP contribution in [0.3, 0.4) is 0 Å². The predicted octanol–water partition coefficient (Wildman–Crippen LogP) is 1.52. The van der Waals surface area contributed by atoms with Crippen LogP contribution in [0.5, 0.6) is 0 Å². The minimum atomic E-state index is -0.870. The Morgan fingerprint density at radius 2 is 1.76 bits per heavy atom. The lowest BCUT2D eigenvalue weighted by Crippen LogP contribution is -2.53. The number of nitrogens with one attached hydrogen (secondary N) is 2. The molecule has 1 unspecified atom stereocenters. The first-order chi connectivity index (χ1) is 9.78. The predicted molar refractivity (Wildman–Crippen MR) is 82.3 cm³/mol. The summed E-state index contributed by atoms with van der Waals surface area (Å²) in [6.45, 7) is 4.45. The second-order valence-corrected chi connectivity index (χ2v) is 6.58. The summed E-state index contributed by atoms with van der Waals surface area (Å²) in [6.07, 6.45) is 4.56. The fourth-order valence-electron chi connectivity index (χ4n) is 2.93. The van der Waals surface area contributed by atoms with Gasteiger partial charge in [0.05, 0.1) is 5.92 Å². The highest BCUT2D eigenvalue weighted by Crippen LogP contribution is 2.32. The van der Waals surface area contributed by atoms with Crippen molar-refractivity contribution in [3.05, 3.63) is 0 Å². The molecule has 0 bridgehead atoms. The fraction of sp³-hybridized carbons (Fsp3) is 0.867. The van der Waals surface area contributed by atoms with E-state index in [0.717, 1.165) is 12.8 Å². The normalized spacial score (nSPS) is 18.8. The van der Waals surface area contributed by atoms with Gasteiger partial charge >= 0.3 is 12.0 Å². The second kappa shape index (κ2) is 7.64. The van der Waals surface area contributed by atoms with Gasteiger partial charge in [0, 0.05) is 18.6 Å². The van der Waals surface area contributed by atoms with Crippen molar-refractivity contribution in [1.82, 2.24) is 15.5 Å². The largest absolute Gasteiger partial charge is 0.481 e. The average Bonchev–Trinajstić information content (AvgIpc) is 2.85. The van der Waals surface area contributed by atoms with Gasteiger partial charge in [0.1, 0.15) is 0 Å². The van der Waals surface area contributed by atoms with Crippen LogP contribution in [0.1, 0.15) is 39.5 Å². The van der Waals surface area contributed by atoms with E-state index in [0.29, 0.717) is 6.54 Å². The van der Waals surface area contributed by atoms with Gasteiger partial charge in [-0.25, -0.2) is 4.79 Å². The Morgan fingerprint density at radius 3 is 2.19 bits per heavy atom. The van der Waals surface area contributed by atoms with Gasteiger partial charge in [-0.3, -0.25) is 4.79 Å². The van der Waals surface area contributed by atoms with Gasteiger partial charge in [-0.05, 0) is 32.9 Å². The molecule has 0 saturated heterocycles. The van der Waals surface area contributed by atoms with Crippen molar-refractivity contribution in [2.24, 2.45) is 11.8 Å². The van der Waals surface area contributed by atoms with Crippen LogP contribution in [0.4, 0.5) is 4.79 Å². The van der Waals surface area contributed by atoms with Crippen LogP contribution in [0.15, 0.2) is 0 Å². The lowest BCUT2D eigenvalue weighted by molar-refractivity contribution is -0.142. The Kier molecular flexibility index (Phi) is 6.45. The summed E-state index contributed by atoms with van der Waals surface area (Å²) < 4.78 is 0. The van der Waals surface area contributed by atoms with Crippen LogP contribution >= 0.6 is 0 Å². The molecular weight excluding hydrogens is 270 g/mol. The number of carboxylic acids is 1. The van der Waals surface area contributed by atoms with Gasteiger partial charge in [0.25, 0.3) is 0 Å². The van der Waals surface area contributed by atoms with Crippen molar-refractivity contribution in [1.29, 1.82) is 0 Å². The molecule has 122 valence electrons. The molecule has 0 aromatic heterocycles. The molecular formula is C15H29N3O3. The zero-order chi connectivity index (χ0) is 16.0. The molecule has 6 heteroatoms. The summed E-state index contributed by atoms with van der Waals surface area (Å²) in [4.78, 5) is 25.2. The number of aliphatic carboxylic acids is 1. The van der Waals surface area contributed by atoms with Crippen molar-refractivity contribution < 1.29 is 14.7 Å². The Balaban J connectivity index is 2.42. The molecule has 3 N–H and O–H groups in total. The van der Waals surface area contributed by atoms with Crippen molar-refractivity contribution in [2.45, 2.75) is 45.1 Å². The first-order valence-corrected chi connectivity index (χ1v) is 7.70. The minimum absolute atomic E-state index is 0.00857. The van der Waals surface area contributed by atoms with E-state index < -0.39 is 11.9 Å². The number of amides is 2. The number of hydrogen-bond acceptors (Lipinski definition) is 3. The molecule has 0 radical (unpaired) electrons. The van der Waals surface area contributed by atoms with E-state index in [1.54, 1.807) is 0 Å². The highest BCUT2D eigenvalue weighted by atomic mass is 16.4. The number of carbonyl (C=O) groups excluding carboxylic acids is 1. The van der Waals surface area contributed by atoms with Crippen molar-refractivity contribution in [3.63, 3.8) is 0 Å². The first kappa shape index (κ1) is 17.8. The molecule has 6 nitrogen and oxygen atoms in total. The molecule has 0 aromatic rings. The summed E-state index contributed by atoms with van der Waals surface area (Å²) in [6, 6.07) is -0.282. The second-order valence-electron chi connectivity index (χ2n) is 6.58. The van der Waals surface area contributed by atoms with Gasteiger partial charge < -0.3 is 20.6 Å². The van der Waals surface area contributed by atoms with E-state index in [1.165, 1.54) is 12.8 Å². The molecule has 2 amide bonds. The topological polar surface area (TPSA) is 81.7 Å². The molecule has 0 aliphatic heterocycles. The quantitative estimate of drug-likeness (QED) is 0.665. The first-order valence-electron chi connectivity index (χ1n) is 7.70. The number of hydrogen-bond donors (Lipinski definition) is 3. The van der Waals surface area contributed by atoms with Crippen molar-refractivity contribution in [3.8, 4) is 0 Å². The van der Waals surface area contributed by atoms with Gasteiger partial charge in [-0.15, -0.1) is 0 Å². The highest BCUT2D eigenvalue weighted by molar-refractivity contribution is 5.76. The van der Waals surface area contributed by atoms with Crippen molar-refractivity contribution in [2.75, 3.05) is 27.2 Å². The van der Waals surface area contributed by atoms with E-state index in [2.05, 4.69) is 15.5 Å². The molecule has 1 saturated carbocycles. The monoisotopic (exact) mass is 299 g/mol. The Bertz CT molecular complexity index is 363. The lowest BCUT2D eigenvalue weighted by Gasteiger charge is -2.36. The third-order valence-corrected chi connectivity index (χ3v) is 4.67. The SMILES string of the molecule is CC(C)C(CNC(=O)NCC1(N(C)C)CCCC1)C(=O)O. The van der Waals surface area contributed by atoms with Crippen LogP contribution < -0.4 is 10.6 Å². The summed E-state index contributed by atoms with van der Waals surface area (Å²) in [5.74, 6) is -1.43. The summed E-state index contributed by atoms with van der Waals surface area (Å²) >= 11 is 0.